The van der Waals surface area contributed by atoms with Crippen molar-refractivity contribution < 1.29 is 14.3 Å². The van der Waals surface area contributed by atoms with Gasteiger partial charge in [-0.05, 0) is 32.3 Å². The van der Waals surface area contributed by atoms with Crippen molar-refractivity contribution in [3.8, 4) is 0 Å². The topological polar surface area (TPSA) is 48.3 Å². The number of Topliss-reactive ketones (excluding diaryl/α,β-unsaturated/α-hetero) is 1. The molecule has 4 nitrogen and oxygen atoms in total. The summed E-state index contributed by atoms with van der Waals surface area (Å²) in [7, 11) is 1.23. The molecule has 0 saturated carbocycles. The van der Waals surface area contributed by atoms with Gasteiger partial charge in [0.15, 0.2) is 0 Å². The van der Waals surface area contributed by atoms with Crippen molar-refractivity contribution in [2.24, 2.45) is 0 Å². The lowest BCUT2D eigenvalue weighted by molar-refractivity contribution is -0.135. The van der Waals surface area contributed by atoms with E-state index in [0.717, 1.165) is 23.7 Å². The highest BCUT2D eigenvalue weighted by atomic mass is 16.5. The number of esters is 1. The van der Waals surface area contributed by atoms with Gasteiger partial charge in [-0.25, -0.2) is 4.79 Å². The first-order valence-electron chi connectivity index (χ1n) is 6.72. The molecular formula is C16H17NO3. The molecule has 104 valence electrons. The first-order chi connectivity index (χ1) is 9.45. The van der Waals surface area contributed by atoms with Crippen molar-refractivity contribution in [3.05, 3.63) is 35.5 Å². The predicted octanol–water partition coefficient (Wildman–Crippen LogP) is 2.68. The van der Waals surface area contributed by atoms with Crippen LogP contribution < -0.4 is 0 Å². The molecule has 0 spiro atoms. The minimum Gasteiger partial charge on any atom is -0.463 e. The summed E-state index contributed by atoms with van der Waals surface area (Å²) in [6.07, 6.45) is 3.80. The average molecular weight is 271 g/mol. The summed E-state index contributed by atoms with van der Waals surface area (Å²) in [6.45, 7) is 4.30. The van der Waals surface area contributed by atoms with Crippen LogP contribution >= 0.6 is 0 Å². The number of carbonyl (C=O) groups excluding carboxylic acids is 2. The highest BCUT2D eigenvalue weighted by Gasteiger charge is 2.31. The van der Waals surface area contributed by atoms with Crippen LogP contribution in [-0.4, -0.2) is 23.4 Å². The van der Waals surface area contributed by atoms with Crippen molar-refractivity contribution in [2.45, 2.75) is 32.2 Å². The molecule has 0 N–H and O–H groups in total. The van der Waals surface area contributed by atoms with Gasteiger partial charge in [0.05, 0.1) is 18.2 Å². The van der Waals surface area contributed by atoms with Crippen molar-refractivity contribution >= 4 is 22.7 Å². The van der Waals surface area contributed by atoms with Gasteiger partial charge in [-0.1, -0.05) is 18.2 Å². The number of ether oxygens (including phenoxy) is 1. The molecule has 1 aromatic carbocycles. The number of para-hydroxylation sites is 1. The standard InChI is InChI=1S/C16H17NO3/c1-16(2)8-7-10-5-4-6-11-12(9-17(16)13(10)11)14(18)15(19)20-3/h4-6,9H,7-8H2,1-3H3. The maximum absolute atomic E-state index is 12.2. The molecule has 2 aromatic rings. The van der Waals surface area contributed by atoms with E-state index in [2.05, 4.69) is 29.2 Å². The average Bonchev–Trinajstić information content (AvgIpc) is 2.83. The fraction of sp³-hybridized carbons (Fsp3) is 0.375. The van der Waals surface area contributed by atoms with E-state index in [9.17, 15) is 9.59 Å². The molecule has 4 heteroatoms. The summed E-state index contributed by atoms with van der Waals surface area (Å²) in [5.41, 5.74) is 2.67. The third-order valence-electron chi connectivity index (χ3n) is 4.18. The second-order valence-electron chi connectivity index (χ2n) is 5.86. The van der Waals surface area contributed by atoms with E-state index >= 15 is 0 Å². The molecule has 0 amide bonds. The van der Waals surface area contributed by atoms with Crippen LogP contribution in [-0.2, 0) is 21.5 Å². The number of aryl methyl sites for hydroxylation is 1. The van der Waals surface area contributed by atoms with Crippen LogP contribution in [0.25, 0.3) is 10.9 Å². The van der Waals surface area contributed by atoms with Gasteiger partial charge in [-0.15, -0.1) is 0 Å². The van der Waals surface area contributed by atoms with Crippen LogP contribution in [0.1, 0.15) is 36.2 Å². The zero-order valence-electron chi connectivity index (χ0n) is 11.9. The van der Waals surface area contributed by atoms with Gasteiger partial charge >= 0.3 is 5.97 Å². The first kappa shape index (κ1) is 12.9. The number of methoxy groups -OCH3 is 1. The quantitative estimate of drug-likeness (QED) is 0.479. The molecule has 3 rings (SSSR count). The van der Waals surface area contributed by atoms with Gasteiger partial charge < -0.3 is 9.30 Å². The fourth-order valence-electron chi connectivity index (χ4n) is 2.98. The largest absolute Gasteiger partial charge is 0.463 e. The molecule has 1 aliphatic rings. The fourth-order valence-corrected chi connectivity index (χ4v) is 2.98. The van der Waals surface area contributed by atoms with E-state index < -0.39 is 11.8 Å². The van der Waals surface area contributed by atoms with E-state index in [1.807, 2.05) is 12.1 Å². The molecule has 1 aromatic heterocycles. The Hall–Kier alpha value is -2.10. The predicted molar refractivity (Wildman–Crippen MR) is 75.9 cm³/mol. The molecule has 0 saturated heterocycles. The molecule has 0 bridgehead atoms. The Balaban J connectivity index is 2.30. The van der Waals surface area contributed by atoms with Crippen LogP contribution in [0.15, 0.2) is 24.4 Å². The number of carbonyl (C=O) groups is 2. The number of aromatic nitrogens is 1. The van der Waals surface area contributed by atoms with E-state index in [1.54, 1.807) is 6.20 Å². The minimum atomic E-state index is -0.813. The first-order valence-corrected chi connectivity index (χ1v) is 6.72. The molecule has 0 fully saturated rings. The second kappa shape index (κ2) is 4.20. The van der Waals surface area contributed by atoms with E-state index in [4.69, 9.17) is 0 Å². The normalized spacial score (nSPS) is 16.1. The van der Waals surface area contributed by atoms with Gasteiger partial charge in [0.25, 0.3) is 5.78 Å². The Bertz CT molecular complexity index is 725. The summed E-state index contributed by atoms with van der Waals surface area (Å²) < 4.78 is 6.68. The molecule has 0 atom stereocenters. The SMILES string of the molecule is COC(=O)C(=O)c1cn2c3c(cccc13)CCC2(C)C. The molecule has 0 unspecified atom stereocenters. The Kier molecular flexibility index (Phi) is 2.71. The van der Waals surface area contributed by atoms with E-state index in [1.165, 1.54) is 12.7 Å². The number of rotatable bonds is 2. The lowest BCUT2D eigenvalue weighted by Gasteiger charge is -2.33. The highest BCUT2D eigenvalue weighted by molar-refractivity contribution is 6.43. The monoisotopic (exact) mass is 271 g/mol. The molecule has 20 heavy (non-hydrogen) atoms. The number of ketones is 1. The molecule has 2 heterocycles. The Labute approximate surface area is 117 Å². The van der Waals surface area contributed by atoms with Crippen molar-refractivity contribution in [2.75, 3.05) is 7.11 Å². The van der Waals surface area contributed by atoms with E-state index in [0.29, 0.717) is 5.56 Å². The summed E-state index contributed by atoms with van der Waals surface area (Å²) >= 11 is 0. The number of benzene rings is 1. The lowest BCUT2D eigenvalue weighted by Crippen LogP contribution is -2.29. The maximum Gasteiger partial charge on any atom is 0.379 e. The van der Waals surface area contributed by atoms with Crippen LogP contribution in [0.3, 0.4) is 0 Å². The Morgan fingerprint density at radius 1 is 1.30 bits per heavy atom. The van der Waals surface area contributed by atoms with Gasteiger partial charge in [-0.3, -0.25) is 4.79 Å². The Morgan fingerprint density at radius 2 is 2.05 bits per heavy atom. The van der Waals surface area contributed by atoms with E-state index in [-0.39, 0.29) is 5.54 Å². The lowest BCUT2D eigenvalue weighted by atomic mass is 9.90. The van der Waals surface area contributed by atoms with Crippen molar-refractivity contribution in [1.29, 1.82) is 0 Å². The zero-order valence-corrected chi connectivity index (χ0v) is 11.9. The van der Waals surface area contributed by atoms with Crippen LogP contribution in [0, 0.1) is 0 Å². The van der Waals surface area contributed by atoms with Gasteiger partial charge in [0.2, 0.25) is 0 Å². The number of hydrogen-bond donors (Lipinski definition) is 0. The number of nitrogens with zero attached hydrogens (tertiary/aromatic N) is 1. The molecule has 0 aliphatic carbocycles. The zero-order chi connectivity index (χ0) is 14.5. The number of hydrogen-bond acceptors (Lipinski definition) is 3. The van der Waals surface area contributed by atoms with Crippen molar-refractivity contribution in [1.82, 2.24) is 4.57 Å². The third kappa shape index (κ3) is 1.68. The maximum atomic E-state index is 12.2. The van der Waals surface area contributed by atoms with Crippen molar-refractivity contribution in [3.63, 3.8) is 0 Å². The summed E-state index contributed by atoms with van der Waals surface area (Å²) in [5, 5.41) is 0.839. The van der Waals surface area contributed by atoms with Gasteiger partial charge in [0.1, 0.15) is 0 Å². The smallest absolute Gasteiger partial charge is 0.379 e. The molecule has 1 aliphatic heterocycles. The summed E-state index contributed by atoms with van der Waals surface area (Å²) in [5.74, 6) is -1.39. The highest BCUT2D eigenvalue weighted by Crippen LogP contribution is 2.37. The minimum absolute atomic E-state index is 0.0543. The van der Waals surface area contributed by atoms with Crippen LogP contribution in [0.2, 0.25) is 0 Å². The Morgan fingerprint density at radius 3 is 2.75 bits per heavy atom. The molecular weight excluding hydrogens is 254 g/mol. The van der Waals surface area contributed by atoms with Gasteiger partial charge in [0, 0.05) is 17.1 Å². The van der Waals surface area contributed by atoms with Crippen LogP contribution in [0.4, 0.5) is 0 Å². The molecule has 0 radical (unpaired) electrons. The summed E-state index contributed by atoms with van der Waals surface area (Å²) in [6, 6.07) is 5.92. The summed E-state index contributed by atoms with van der Waals surface area (Å²) in [4.78, 5) is 23.7. The second-order valence-corrected chi connectivity index (χ2v) is 5.86. The van der Waals surface area contributed by atoms with Crippen LogP contribution in [0.5, 0.6) is 0 Å². The third-order valence-corrected chi connectivity index (χ3v) is 4.18. The van der Waals surface area contributed by atoms with Gasteiger partial charge in [-0.2, -0.15) is 0 Å².